The Hall–Kier alpha value is -2.26. The van der Waals surface area contributed by atoms with Gasteiger partial charge in [0.05, 0.1) is 17.2 Å². The van der Waals surface area contributed by atoms with Crippen molar-refractivity contribution in [3.8, 4) is 0 Å². The summed E-state index contributed by atoms with van der Waals surface area (Å²) in [6, 6.07) is 5.46. The van der Waals surface area contributed by atoms with Crippen LogP contribution in [0.4, 0.5) is 5.69 Å². The summed E-state index contributed by atoms with van der Waals surface area (Å²) < 4.78 is 25.6. The van der Waals surface area contributed by atoms with Crippen LogP contribution in [0.3, 0.4) is 0 Å². The lowest BCUT2D eigenvalue weighted by atomic mass is 10.2. The fourth-order valence-electron chi connectivity index (χ4n) is 1.73. The smallest absolute Gasteiger partial charge is 0.269 e. The van der Waals surface area contributed by atoms with Gasteiger partial charge >= 0.3 is 0 Å². The third-order valence-corrected chi connectivity index (χ3v) is 4.68. The number of aromatic nitrogens is 2. The Labute approximate surface area is 121 Å². The highest BCUT2D eigenvalue weighted by Crippen LogP contribution is 2.16. The predicted molar refractivity (Wildman–Crippen MR) is 75.8 cm³/mol. The number of hydrogen-bond donors (Lipinski definition) is 1. The molecule has 0 fully saturated rings. The molecule has 0 aliphatic rings. The summed E-state index contributed by atoms with van der Waals surface area (Å²) in [7, 11) is -2.06. The van der Waals surface area contributed by atoms with Crippen molar-refractivity contribution in [3.05, 3.63) is 58.2 Å². The number of benzene rings is 1. The summed E-state index contributed by atoms with van der Waals surface area (Å²) in [5, 5.41) is 10.6. The van der Waals surface area contributed by atoms with Gasteiger partial charge < -0.3 is 4.98 Å². The normalized spacial score (nSPS) is 11.7. The number of sulfonamides is 1. The molecule has 0 atom stereocenters. The highest BCUT2D eigenvalue weighted by Gasteiger charge is 2.20. The lowest BCUT2D eigenvalue weighted by molar-refractivity contribution is -0.384. The Kier molecular flexibility index (Phi) is 4.34. The van der Waals surface area contributed by atoms with E-state index in [0.29, 0.717) is 11.4 Å². The first-order valence-electron chi connectivity index (χ1n) is 6.04. The van der Waals surface area contributed by atoms with Crippen molar-refractivity contribution in [1.82, 2.24) is 14.3 Å². The molecule has 0 bridgehead atoms. The third-order valence-electron chi connectivity index (χ3n) is 2.90. The molecule has 1 heterocycles. The SMILES string of the molecule is CN(Cc1ncc[nH]1)S(=O)(=O)Cc1ccc([N+](=O)[O-])cc1. The number of nitro benzene ring substituents is 1. The van der Waals surface area contributed by atoms with Gasteiger partial charge in [0, 0.05) is 31.6 Å². The van der Waals surface area contributed by atoms with Crippen LogP contribution < -0.4 is 0 Å². The lowest BCUT2D eigenvalue weighted by Gasteiger charge is -2.15. The average Bonchev–Trinajstić information content (AvgIpc) is 2.91. The van der Waals surface area contributed by atoms with Crippen LogP contribution in [0.2, 0.25) is 0 Å². The van der Waals surface area contributed by atoms with E-state index >= 15 is 0 Å². The van der Waals surface area contributed by atoms with Gasteiger partial charge in [-0.05, 0) is 5.56 Å². The van der Waals surface area contributed by atoms with Crippen LogP contribution in [0.25, 0.3) is 0 Å². The van der Waals surface area contributed by atoms with Crippen LogP contribution in [0, 0.1) is 10.1 Å². The van der Waals surface area contributed by atoms with E-state index in [1.165, 1.54) is 35.6 Å². The maximum Gasteiger partial charge on any atom is 0.269 e. The Morgan fingerprint density at radius 1 is 1.33 bits per heavy atom. The maximum absolute atomic E-state index is 12.2. The zero-order valence-corrected chi connectivity index (χ0v) is 12.1. The number of nitro groups is 1. The van der Waals surface area contributed by atoms with Crippen LogP contribution >= 0.6 is 0 Å². The molecule has 0 unspecified atom stereocenters. The molecule has 21 heavy (non-hydrogen) atoms. The predicted octanol–water partition coefficient (Wildman–Crippen LogP) is 1.28. The highest BCUT2D eigenvalue weighted by molar-refractivity contribution is 7.88. The first-order chi connectivity index (χ1) is 9.88. The summed E-state index contributed by atoms with van der Waals surface area (Å²) in [6.45, 7) is 0.141. The van der Waals surface area contributed by atoms with E-state index in [2.05, 4.69) is 9.97 Å². The van der Waals surface area contributed by atoms with Crippen LogP contribution in [0.5, 0.6) is 0 Å². The minimum absolute atomic E-state index is 0.0694. The Bertz CT molecular complexity index is 710. The molecule has 0 spiro atoms. The molecular formula is C12H14N4O4S. The molecule has 0 aliphatic carbocycles. The molecule has 1 aromatic carbocycles. The van der Waals surface area contributed by atoms with E-state index in [-0.39, 0.29) is 18.0 Å². The first-order valence-corrected chi connectivity index (χ1v) is 7.65. The molecule has 1 aromatic heterocycles. The standard InChI is InChI=1S/C12H14N4O4S/c1-15(8-12-13-6-7-14-12)21(19,20)9-10-2-4-11(5-3-10)16(17)18/h2-7H,8-9H2,1H3,(H,13,14). The minimum Gasteiger partial charge on any atom is -0.347 e. The average molecular weight is 310 g/mol. The zero-order chi connectivity index (χ0) is 15.5. The molecule has 9 heteroatoms. The quantitative estimate of drug-likeness (QED) is 0.638. The molecule has 1 N–H and O–H groups in total. The number of rotatable bonds is 6. The van der Waals surface area contributed by atoms with E-state index in [1.54, 1.807) is 12.4 Å². The van der Waals surface area contributed by atoms with Crippen molar-refractivity contribution >= 4 is 15.7 Å². The summed E-state index contributed by atoms with van der Waals surface area (Å²) in [5.41, 5.74) is 0.423. The highest BCUT2D eigenvalue weighted by atomic mass is 32.2. The number of nitrogens with one attached hydrogen (secondary N) is 1. The monoisotopic (exact) mass is 310 g/mol. The molecule has 112 valence electrons. The molecular weight excluding hydrogens is 296 g/mol. The van der Waals surface area contributed by atoms with Crippen LogP contribution in [-0.4, -0.2) is 34.7 Å². The molecule has 0 saturated heterocycles. The van der Waals surface area contributed by atoms with Crippen LogP contribution in [0.15, 0.2) is 36.7 Å². The van der Waals surface area contributed by atoms with Gasteiger partial charge in [0.1, 0.15) is 5.82 Å². The number of H-pyrrole nitrogens is 1. The van der Waals surface area contributed by atoms with E-state index in [9.17, 15) is 18.5 Å². The molecule has 0 saturated carbocycles. The second-order valence-corrected chi connectivity index (χ2v) is 6.55. The number of nitrogens with zero attached hydrogens (tertiary/aromatic N) is 3. The van der Waals surface area contributed by atoms with Gasteiger partial charge in [-0.3, -0.25) is 10.1 Å². The van der Waals surface area contributed by atoms with Crippen molar-refractivity contribution in [2.75, 3.05) is 7.05 Å². The van der Waals surface area contributed by atoms with E-state index in [1.807, 2.05) is 0 Å². The third kappa shape index (κ3) is 3.86. The van der Waals surface area contributed by atoms with E-state index in [0.717, 1.165) is 0 Å². The van der Waals surface area contributed by atoms with Crippen LogP contribution in [-0.2, 0) is 22.3 Å². The summed E-state index contributed by atoms with van der Waals surface area (Å²) >= 11 is 0. The second-order valence-electron chi connectivity index (χ2n) is 4.47. The van der Waals surface area contributed by atoms with Crippen LogP contribution in [0.1, 0.15) is 11.4 Å². The molecule has 0 radical (unpaired) electrons. The number of aromatic amines is 1. The van der Waals surface area contributed by atoms with Crippen molar-refractivity contribution < 1.29 is 13.3 Å². The second kappa shape index (κ2) is 6.02. The van der Waals surface area contributed by atoms with Crippen molar-refractivity contribution in [1.29, 1.82) is 0 Å². The van der Waals surface area contributed by atoms with Gasteiger partial charge in [-0.15, -0.1) is 0 Å². The largest absolute Gasteiger partial charge is 0.347 e. The summed E-state index contributed by atoms with van der Waals surface area (Å²) in [4.78, 5) is 16.8. The van der Waals surface area contributed by atoms with Gasteiger partial charge in [-0.25, -0.2) is 13.4 Å². The van der Waals surface area contributed by atoms with Gasteiger partial charge in [0.25, 0.3) is 5.69 Å². The number of non-ortho nitro benzene ring substituents is 1. The number of hydrogen-bond acceptors (Lipinski definition) is 5. The fraction of sp³-hybridized carbons (Fsp3) is 0.250. The summed E-state index contributed by atoms with van der Waals surface area (Å²) in [6.07, 6.45) is 3.16. The minimum atomic E-state index is -3.52. The van der Waals surface area contributed by atoms with Crippen molar-refractivity contribution in [3.63, 3.8) is 0 Å². The van der Waals surface area contributed by atoms with Gasteiger partial charge in [0.15, 0.2) is 0 Å². The van der Waals surface area contributed by atoms with Crippen molar-refractivity contribution in [2.24, 2.45) is 0 Å². The molecule has 0 amide bonds. The van der Waals surface area contributed by atoms with Gasteiger partial charge in [0.2, 0.25) is 10.0 Å². The topological polar surface area (TPSA) is 109 Å². The van der Waals surface area contributed by atoms with Crippen molar-refractivity contribution in [2.45, 2.75) is 12.3 Å². The summed E-state index contributed by atoms with van der Waals surface area (Å²) in [5.74, 6) is 0.326. The van der Waals surface area contributed by atoms with E-state index in [4.69, 9.17) is 0 Å². The lowest BCUT2D eigenvalue weighted by Crippen LogP contribution is -2.28. The Morgan fingerprint density at radius 2 is 2.00 bits per heavy atom. The molecule has 2 rings (SSSR count). The maximum atomic E-state index is 12.2. The van der Waals surface area contributed by atoms with E-state index < -0.39 is 14.9 Å². The Balaban J connectivity index is 2.07. The molecule has 2 aromatic rings. The number of imidazole rings is 1. The van der Waals surface area contributed by atoms with Gasteiger partial charge in [-0.1, -0.05) is 12.1 Å². The first kappa shape index (κ1) is 15.1. The molecule has 0 aliphatic heterocycles. The fourth-order valence-corrected chi connectivity index (χ4v) is 2.88. The molecule has 8 nitrogen and oxygen atoms in total. The van der Waals surface area contributed by atoms with Gasteiger partial charge in [-0.2, -0.15) is 4.31 Å². The Morgan fingerprint density at radius 3 is 2.52 bits per heavy atom. The zero-order valence-electron chi connectivity index (χ0n) is 11.3.